The van der Waals surface area contributed by atoms with Crippen LogP contribution in [0.25, 0.3) is 10.9 Å². The number of methoxy groups -OCH3 is 1. The van der Waals surface area contributed by atoms with Gasteiger partial charge in [0.05, 0.1) is 7.11 Å². The van der Waals surface area contributed by atoms with Crippen molar-refractivity contribution in [3.05, 3.63) is 30.0 Å². The molecule has 0 amide bonds. The largest absolute Gasteiger partial charge is 0.494 e. The molecule has 0 spiro atoms. The molecule has 0 bridgehead atoms. The summed E-state index contributed by atoms with van der Waals surface area (Å²) in [6.45, 7) is 5.11. The average molecular weight is 230 g/mol. The zero-order chi connectivity index (χ0) is 12.3. The fourth-order valence-electron chi connectivity index (χ4n) is 1.96. The van der Waals surface area contributed by atoms with Gasteiger partial charge in [0.2, 0.25) is 0 Å². The number of hydrogen-bond donors (Lipinski definition) is 1. The Morgan fingerprint density at radius 1 is 1.29 bits per heavy atom. The molecule has 90 valence electrons. The quantitative estimate of drug-likeness (QED) is 0.875. The van der Waals surface area contributed by atoms with Crippen LogP contribution >= 0.6 is 0 Å². The van der Waals surface area contributed by atoms with Gasteiger partial charge in [0.1, 0.15) is 11.3 Å². The first-order valence-corrected chi connectivity index (χ1v) is 6.00. The van der Waals surface area contributed by atoms with Crippen molar-refractivity contribution in [1.82, 2.24) is 4.98 Å². The van der Waals surface area contributed by atoms with Crippen LogP contribution in [0.1, 0.15) is 19.5 Å². The summed E-state index contributed by atoms with van der Waals surface area (Å²) in [5.74, 6) is 0.831. The van der Waals surface area contributed by atoms with Crippen LogP contribution in [0.3, 0.4) is 0 Å². The van der Waals surface area contributed by atoms with Gasteiger partial charge in [-0.15, -0.1) is 0 Å². The van der Waals surface area contributed by atoms with Crippen molar-refractivity contribution in [2.45, 2.75) is 20.3 Å². The summed E-state index contributed by atoms with van der Waals surface area (Å²) < 4.78 is 5.37. The second-order valence-corrected chi connectivity index (χ2v) is 3.90. The minimum absolute atomic E-state index is 0.831. The molecule has 1 N–H and O–H groups in total. The van der Waals surface area contributed by atoms with E-state index >= 15 is 0 Å². The average Bonchev–Trinajstić information content (AvgIpc) is 2.38. The van der Waals surface area contributed by atoms with Crippen LogP contribution in [0.5, 0.6) is 5.75 Å². The topological polar surface area (TPSA) is 34.2 Å². The molecule has 0 aliphatic carbocycles. The number of rotatable bonds is 4. The maximum absolute atomic E-state index is 5.37. The predicted molar refractivity (Wildman–Crippen MR) is 71.8 cm³/mol. The summed E-state index contributed by atoms with van der Waals surface area (Å²) >= 11 is 0. The van der Waals surface area contributed by atoms with Crippen molar-refractivity contribution in [2.24, 2.45) is 0 Å². The zero-order valence-corrected chi connectivity index (χ0v) is 10.6. The van der Waals surface area contributed by atoms with E-state index in [9.17, 15) is 0 Å². The van der Waals surface area contributed by atoms with Crippen molar-refractivity contribution < 1.29 is 4.74 Å². The van der Waals surface area contributed by atoms with Gasteiger partial charge in [-0.25, -0.2) is 4.98 Å². The van der Waals surface area contributed by atoms with E-state index in [0.29, 0.717) is 0 Å². The van der Waals surface area contributed by atoms with Gasteiger partial charge in [0.25, 0.3) is 0 Å². The van der Waals surface area contributed by atoms with E-state index in [1.54, 1.807) is 7.11 Å². The monoisotopic (exact) mass is 230 g/mol. The lowest BCUT2D eigenvalue weighted by atomic mass is 10.1. The molecule has 0 aliphatic heterocycles. The second kappa shape index (κ2) is 5.04. The molecule has 1 heterocycles. The number of pyridine rings is 1. The number of nitrogens with zero attached hydrogens (tertiary/aromatic N) is 1. The summed E-state index contributed by atoms with van der Waals surface area (Å²) in [6, 6.07) is 8.13. The van der Waals surface area contributed by atoms with E-state index in [0.717, 1.165) is 41.0 Å². The van der Waals surface area contributed by atoms with E-state index < -0.39 is 0 Å². The molecule has 17 heavy (non-hydrogen) atoms. The summed E-state index contributed by atoms with van der Waals surface area (Å²) in [5.41, 5.74) is 3.15. The van der Waals surface area contributed by atoms with Gasteiger partial charge in [0, 0.05) is 23.3 Å². The Kier molecular flexibility index (Phi) is 3.47. The van der Waals surface area contributed by atoms with Crippen LogP contribution in [0.2, 0.25) is 0 Å². The van der Waals surface area contributed by atoms with Gasteiger partial charge >= 0.3 is 0 Å². The van der Waals surface area contributed by atoms with Gasteiger partial charge in [-0.05, 0) is 25.5 Å². The molecule has 2 aromatic rings. The second-order valence-electron chi connectivity index (χ2n) is 3.90. The Labute approximate surface area is 102 Å². The van der Waals surface area contributed by atoms with E-state index in [-0.39, 0.29) is 0 Å². The smallest absolute Gasteiger partial charge is 0.145 e. The molecule has 3 heteroatoms. The summed E-state index contributed by atoms with van der Waals surface area (Å²) in [4.78, 5) is 4.64. The summed E-state index contributed by atoms with van der Waals surface area (Å²) in [6.07, 6.45) is 0.923. The van der Waals surface area contributed by atoms with Crippen molar-refractivity contribution in [2.75, 3.05) is 19.0 Å². The minimum Gasteiger partial charge on any atom is -0.494 e. The van der Waals surface area contributed by atoms with E-state index in [2.05, 4.69) is 36.3 Å². The minimum atomic E-state index is 0.831. The Morgan fingerprint density at radius 2 is 2.12 bits per heavy atom. The maximum atomic E-state index is 5.37. The lowest BCUT2D eigenvalue weighted by Gasteiger charge is -2.12. The number of fused-ring (bicyclic) bond motifs is 1. The van der Waals surface area contributed by atoms with Crippen LogP contribution < -0.4 is 10.1 Å². The molecule has 0 unspecified atom stereocenters. The molecule has 2 rings (SSSR count). The van der Waals surface area contributed by atoms with Crippen molar-refractivity contribution in [1.29, 1.82) is 0 Å². The Bertz CT molecular complexity index is 523. The Balaban J connectivity index is 2.70. The molecule has 0 aliphatic rings. The number of benzene rings is 1. The standard InChI is InChI=1S/C14H18N2O/c1-4-10-9-12(15-5-2)11-7-6-8-13(17-3)14(11)16-10/h6-9H,4-5H2,1-3H3,(H,15,16). The fraction of sp³-hybridized carbons (Fsp3) is 0.357. The SMILES string of the molecule is CCNc1cc(CC)nc2c(OC)cccc12. The molecule has 1 aromatic heterocycles. The summed E-state index contributed by atoms with van der Waals surface area (Å²) in [5, 5.41) is 4.50. The van der Waals surface area contributed by atoms with E-state index in [1.165, 1.54) is 0 Å². The van der Waals surface area contributed by atoms with Crippen LogP contribution in [0, 0.1) is 0 Å². The highest BCUT2D eigenvalue weighted by molar-refractivity contribution is 5.95. The third-order valence-corrected chi connectivity index (χ3v) is 2.80. The third-order valence-electron chi connectivity index (χ3n) is 2.80. The first-order chi connectivity index (χ1) is 8.30. The number of anilines is 1. The fourth-order valence-corrected chi connectivity index (χ4v) is 1.96. The Morgan fingerprint density at radius 3 is 2.76 bits per heavy atom. The first kappa shape index (κ1) is 11.7. The maximum Gasteiger partial charge on any atom is 0.145 e. The highest BCUT2D eigenvalue weighted by Crippen LogP contribution is 2.29. The van der Waals surface area contributed by atoms with Crippen molar-refractivity contribution in [3.63, 3.8) is 0 Å². The number of nitrogens with one attached hydrogen (secondary N) is 1. The molecule has 3 nitrogen and oxygen atoms in total. The molecular weight excluding hydrogens is 212 g/mol. The van der Waals surface area contributed by atoms with E-state index in [4.69, 9.17) is 4.74 Å². The summed E-state index contributed by atoms with van der Waals surface area (Å²) in [7, 11) is 1.68. The van der Waals surface area contributed by atoms with Crippen LogP contribution in [0.4, 0.5) is 5.69 Å². The molecule has 0 atom stereocenters. The van der Waals surface area contributed by atoms with Crippen LogP contribution in [-0.2, 0) is 6.42 Å². The van der Waals surface area contributed by atoms with Gasteiger partial charge in [0.15, 0.2) is 0 Å². The number of aryl methyl sites for hydroxylation is 1. The molecule has 0 saturated carbocycles. The highest BCUT2D eigenvalue weighted by Gasteiger charge is 2.08. The third kappa shape index (κ3) is 2.18. The lowest BCUT2D eigenvalue weighted by molar-refractivity contribution is 0.419. The molecule has 0 saturated heterocycles. The van der Waals surface area contributed by atoms with Gasteiger partial charge in [-0.2, -0.15) is 0 Å². The zero-order valence-electron chi connectivity index (χ0n) is 10.6. The van der Waals surface area contributed by atoms with Crippen molar-refractivity contribution in [3.8, 4) is 5.75 Å². The first-order valence-electron chi connectivity index (χ1n) is 6.00. The van der Waals surface area contributed by atoms with Gasteiger partial charge in [-0.3, -0.25) is 0 Å². The molecule has 1 aromatic carbocycles. The van der Waals surface area contributed by atoms with E-state index in [1.807, 2.05) is 12.1 Å². The van der Waals surface area contributed by atoms with Crippen LogP contribution in [0.15, 0.2) is 24.3 Å². The molecular formula is C14H18N2O. The molecule has 0 fully saturated rings. The lowest BCUT2D eigenvalue weighted by Crippen LogP contribution is -2.01. The predicted octanol–water partition coefficient (Wildman–Crippen LogP) is 3.24. The van der Waals surface area contributed by atoms with Crippen LogP contribution in [-0.4, -0.2) is 18.6 Å². The van der Waals surface area contributed by atoms with Crippen molar-refractivity contribution >= 4 is 16.6 Å². The Hall–Kier alpha value is -1.77. The number of hydrogen-bond acceptors (Lipinski definition) is 3. The number of para-hydroxylation sites is 1. The number of aromatic nitrogens is 1. The number of ether oxygens (including phenoxy) is 1. The van der Waals surface area contributed by atoms with Gasteiger partial charge < -0.3 is 10.1 Å². The van der Waals surface area contributed by atoms with Gasteiger partial charge in [-0.1, -0.05) is 19.1 Å². The molecule has 0 radical (unpaired) electrons. The normalized spacial score (nSPS) is 10.5. The highest BCUT2D eigenvalue weighted by atomic mass is 16.5.